The second-order valence-electron chi connectivity index (χ2n) is 5.53. The van der Waals surface area contributed by atoms with E-state index in [1.807, 2.05) is 12.1 Å². The van der Waals surface area contributed by atoms with E-state index in [-0.39, 0.29) is 11.4 Å². The molecule has 2 rings (SSSR count). The summed E-state index contributed by atoms with van der Waals surface area (Å²) in [7, 11) is 1.48. The van der Waals surface area contributed by atoms with Gasteiger partial charge in [-0.15, -0.1) is 0 Å². The largest absolute Gasteiger partial charge is 0.468 e. The Hall–Kier alpha value is -1.31. The molecular formula is C15H20O2. The summed E-state index contributed by atoms with van der Waals surface area (Å²) in [5.41, 5.74) is 2.03. The minimum Gasteiger partial charge on any atom is -0.468 e. The Balaban J connectivity index is 2.63. The second kappa shape index (κ2) is 3.86. The summed E-state index contributed by atoms with van der Waals surface area (Å²) in [6.45, 7) is 6.47. The number of hydrogen-bond donors (Lipinski definition) is 0. The minimum absolute atomic E-state index is 0.0425. The molecule has 0 fully saturated rings. The maximum Gasteiger partial charge on any atom is 0.316 e. The molecule has 0 radical (unpaired) electrons. The van der Waals surface area contributed by atoms with E-state index in [4.69, 9.17) is 4.74 Å². The first-order valence-electron chi connectivity index (χ1n) is 6.16. The van der Waals surface area contributed by atoms with Gasteiger partial charge in [-0.1, -0.05) is 45.0 Å². The van der Waals surface area contributed by atoms with Gasteiger partial charge in [0.1, 0.15) is 0 Å². The van der Waals surface area contributed by atoms with Crippen LogP contribution in [0.15, 0.2) is 24.3 Å². The standard InChI is InChI=1S/C15H20O2/c1-5-15(13(16)17-4)10-14(2,3)11-8-6-7-9-12(11)15/h6-9H,5,10H2,1-4H3. The molecule has 2 nitrogen and oxygen atoms in total. The zero-order chi connectivity index (χ0) is 12.7. The fourth-order valence-electron chi connectivity index (χ4n) is 3.27. The lowest BCUT2D eigenvalue weighted by molar-refractivity contribution is -0.148. The van der Waals surface area contributed by atoms with E-state index in [0.29, 0.717) is 0 Å². The van der Waals surface area contributed by atoms with Crippen molar-refractivity contribution in [1.82, 2.24) is 0 Å². The normalized spacial score (nSPS) is 25.4. The lowest BCUT2D eigenvalue weighted by Crippen LogP contribution is -2.35. The van der Waals surface area contributed by atoms with Crippen LogP contribution in [-0.4, -0.2) is 13.1 Å². The third kappa shape index (κ3) is 1.58. The summed E-state index contributed by atoms with van der Waals surface area (Å²) in [6, 6.07) is 8.26. The van der Waals surface area contributed by atoms with Crippen LogP contribution in [0.3, 0.4) is 0 Å². The quantitative estimate of drug-likeness (QED) is 0.732. The van der Waals surface area contributed by atoms with E-state index in [1.165, 1.54) is 12.7 Å². The molecule has 2 heteroatoms. The van der Waals surface area contributed by atoms with Crippen LogP contribution in [0.4, 0.5) is 0 Å². The number of hydrogen-bond acceptors (Lipinski definition) is 2. The van der Waals surface area contributed by atoms with Crippen molar-refractivity contribution in [3.05, 3.63) is 35.4 Å². The van der Waals surface area contributed by atoms with Gasteiger partial charge in [0, 0.05) is 0 Å². The van der Waals surface area contributed by atoms with Crippen LogP contribution in [-0.2, 0) is 20.4 Å². The topological polar surface area (TPSA) is 26.3 Å². The van der Waals surface area contributed by atoms with Crippen LogP contribution < -0.4 is 0 Å². The fraction of sp³-hybridized carbons (Fsp3) is 0.533. The molecule has 0 amide bonds. The molecule has 0 aromatic heterocycles. The van der Waals surface area contributed by atoms with Gasteiger partial charge in [-0.25, -0.2) is 0 Å². The van der Waals surface area contributed by atoms with Crippen LogP contribution in [0.25, 0.3) is 0 Å². The van der Waals surface area contributed by atoms with Crippen molar-refractivity contribution in [3.8, 4) is 0 Å². The zero-order valence-corrected chi connectivity index (χ0v) is 11.0. The number of carbonyl (C=O) groups excluding carboxylic acids is 1. The monoisotopic (exact) mass is 232 g/mol. The smallest absolute Gasteiger partial charge is 0.316 e. The van der Waals surface area contributed by atoms with Gasteiger partial charge in [0.15, 0.2) is 0 Å². The first-order valence-corrected chi connectivity index (χ1v) is 6.16. The molecule has 0 saturated carbocycles. The Morgan fingerprint density at radius 3 is 2.41 bits per heavy atom. The Kier molecular flexibility index (Phi) is 2.76. The molecule has 0 spiro atoms. The van der Waals surface area contributed by atoms with Gasteiger partial charge in [-0.3, -0.25) is 4.79 Å². The van der Waals surface area contributed by atoms with Crippen LogP contribution in [0.1, 0.15) is 44.7 Å². The average Bonchev–Trinajstić information content (AvgIpc) is 2.58. The highest BCUT2D eigenvalue weighted by Gasteiger charge is 2.51. The molecule has 1 aliphatic rings. The van der Waals surface area contributed by atoms with Crippen LogP contribution in [0, 0.1) is 0 Å². The van der Waals surface area contributed by atoms with Crippen molar-refractivity contribution in [2.75, 3.05) is 7.11 Å². The van der Waals surface area contributed by atoms with Gasteiger partial charge < -0.3 is 4.74 Å². The van der Waals surface area contributed by atoms with Crippen molar-refractivity contribution in [2.45, 2.75) is 44.4 Å². The molecule has 1 aromatic carbocycles. The maximum absolute atomic E-state index is 12.2. The molecule has 1 aromatic rings. The highest BCUT2D eigenvalue weighted by atomic mass is 16.5. The van der Waals surface area contributed by atoms with Crippen LogP contribution >= 0.6 is 0 Å². The van der Waals surface area contributed by atoms with Crippen molar-refractivity contribution in [2.24, 2.45) is 0 Å². The average molecular weight is 232 g/mol. The SMILES string of the molecule is CCC1(C(=O)OC)CC(C)(C)c2ccccc21. The second-order valence-corrected chi connectivity index (χ2v) is 5.53. The predicted octanol–water partition coefficient (Wildman–Crippen LogP) is 3.19. The molecule has 1 atom stereocenters. The third-order valence-electron chi connectivity index (χ3n) is 4.10. The van der Waals surface area contributed by atoms with Gasteiger partial charge in [-0.2, -0.15) is 0 Å². The number of rotatable bonds is 2. The van der Waals surface area contributed by atoms with Gasteiger partial charge in [0.25, 0.3) is 0 Å². The molecule has 0 saturated heterocycles. The molecule has 92 valence electrons. The Morgan fingerprint density at radius 1 is 1.29 bits per heavy atom. The molecule has 0 N–H and O–H groups in total. The lowest BCUT2D eigenvalue weighted by Gasteiger charge is -2.27. The number of fused-ring (bicyclic) bond motifs is 1. The predicted molar refractivity (Wildman–Crippen MR) is 68.1 cm³/mol. The van der Waals surface area contributed by atoms with Gasteiger partial charge >= 0.3 is 5.97 Å². The van der Waals surface area contributed by atoms with Crippen molar-refractivity contribution < 1.29 is 9.53 Å². The van der Waals surface area contributed by atoms with E-state index in [2.05, 4.69) is 32.9 Å². The minimum atomic E-state index is -0.450. The van der Waals surface area contributed by atoms with Gasteiger partial charge in [0.2, 0.25) is 0 Å². The van der Waals surface area contributed by atoms with E-state index in [0.717, 1.165) is 18.4 Å². The van der Waals surface area contributed by atoms with Crippen molar-refractivity contribution in [1.29, 1.82) is 0 Å². The van der Waals surface area contributed by atoms with Crippen LogP contribution in [0.5, 0.6) is 0 Å². The fourth-order valence-corrected chi connectivity index (χ4v) is 3.27. The summed E-state index contributed by atoms with van der Waals surface area (Å²) in [6.07, 6.45) is 1.63. The first kappa shape index (κ1) is 12.2. The van der Waals surface area contributed by atoms with Crippen LogP contribution in [0.2, 0.25) is 0 Å². The Morgan fingerprint density at radius 2 is 1.88 bits per heavy atom. The van der Waals surface area contributed by atoms with Crippen molar-refractivity contribution in [3.63, 3.8) is 0 Å². The number of benzene rings is 1. The van der Waals surface area contributed by atoms with Gasteiger partial charge in [-0.05, 0) is 29.4 Å². The first-order chi connectivity index (χ1) is 7.98. The highest BCUT2D eigenvalue weighted by molar-refractivity contribution is 5.85. The van der Waals surface area contributed by atoms with Crippen molar-refractivity contribution >= 4 is 5.97 Å². The Labute approximate surface area is 103 Å². The zero-order valence-electron chi connectivity index (χ0n) is 11.0. The molecule has 0 aliphatic heterocycles. The third-order valence-corrected chi connectivity index (χ3v) is 4.10. The molecule has 17 heavy (non-hydrogen) atoms. The molecule has 0 heterocycles. The lowest BCUT2D eigenvalue weighted by atomic mass is 9.76. The maximum atomic E-state index is 12.2. The number of esters is 1. The Bertz CT molecular complexity index is 448. The number of carbonyl (C=O) groups is 1. The molecule has 1 unspecified atom stereocenters. The number of methoxy groups -OCH3 is 1. The molecule has 0 bridgehead atoms. The summed E-state index contributed by atoms with van der Waals surface area (Å²) >= 11 is 0. The highest BCUT2D eigenvalue weighted by Crippen LogP contribution is 2.51. The van der Waals surface area contributed by atoms with E-state index in [1.54, 1.807) is 0 Å². The van der Waals surface area contributed by atoms with E-state index in [9.17, 15) is 4.79 Å². The molecular weight excluding hydrogens is 212 g/mol. The number of ether oxygens (including phenoxy) is 1. The summed E-state index contributed by atoms with van der Waals surface area (Å²) in [4.78, 5) is 12.2. The summed E-state index contributed by atoms with van der Waals surface area (Å²) in [5.74, 6) is -0.0991. The molecule has 1 aliphatic carbocycles. The van der Waals surface area contributed by atoms with E-state index < -0.39 is 5.41 Å². The summed E-state index contributed by atoms with van der Waals surface area (Å²) in [5, 5.41) is 0. The van der Waals surface area contributed by atoms with E-state index >= 15 is 0 Å². The summed E-state index contributed by atoms with van der Waals surface area (Å²) < 4.78 is 5.04. The van der Waals surface area contributed by atoms with Gasteiger partial charge in [0.05, 0.1) is 12.5 Å².